The van der Waals surface area contributed by atoms with Crippen molar-refractivity contribution in [3.63, 3.8) is 0 Å². The molecule has 0 fully saturated rings. The second kappa shape index (κ2) is 21.1. The number of carbonyl (C=O) groups excluding carboxylic acids is 2. The summed E-state index contributed by atoms with van der Waals surface area (Å²) in [5, 5.41) is 13.1. The molecule has 6 heterocycles. The van der Waals surface area contributed by atoms with Crippen molar-refractivity contribution in [2.45, 2.75) is 13.3 Å². The van der Waals surface area contributed by atoms with Crippen molar-refractivity contribution in [2.24, 2.45) is 5.90 Å². The van der Waals surface area contributed by atoms with E-state index >= 15 is 8.78 Å². The molecule has 22 heteroatoms. The number of hydrogen-bond donors (Lipinski definition) is 5. The number of rotatable bonds is 17. The first kappa shape index (κ1) is 51.1. The van der Waals surface area contributed by atoms with Gasteiger partial charge in [-0.1, -0.05) is 66.7 Å². The molecule has 2 amide bonds. The molecule has 10 rings (SSSR count). The van der Waals surface area contributed by atoms with Crippen LogP contribution in [0.2, 0.25) is 10.0 Å². The summed E-state index contributed by atoms with van der Waals surface area (Å²) < 4.78 is 57.0. The van der Waals surface area contributed by atoms with E-state index < -0.39 is 28.7 Å². The maximum atomic E-state index is 17.4. The fraction of sp³-hybridized carbons (Fsp3) is 0.109. The Labute approximate surface area is 447 Å². The minimum atomic E-state index is -1.12. The van der Waals surface area contributed by atoms with E-state index in [2.05, 4.69) is 44.4 Å². The van der Waals surface area contributed by atoms with Crippen LogP contribution in [0.1, 0.15) is 5.56 Å². The third-order valence-electron chi connectivity index (χ3n) is 12.7. The van der Waals surface area contributed by atoms with E-state index in [1.54, 1.807) is 65.8 Å². The maximum absolute atomic E-state index is 17.4. The van der Waals surface area contributed by atoms with Gasteiger partial charge in [0, 0.05) is 88.6 Å². The Kier molecular flexibility index (Phi) is 14.0. The smallest absolute Gasteiger partial charge is 0.279 e. The zero-order valence-corrected chi connectivity index (χ0v) is 43.0. The first-order chi connectivity index (χ1) is 37.3. The fourth-order valence-corrected chi connectivity index (χ4v) is 9.61. The summed E-state index contributed by atoms with van der Waals surface area (Å²) in [5.74, 6) is 3.24. The molecule has 18 nitrogen and oxygen atoms in total. The predicted octanol–water partition coefficient (Wildman–Crippen LogP) is 9.94. The number of imidazole rings is 2. The Morgan fingerprint density at radius 1 is 0.740 bits per heavy atom. The third kappa shape index (κ3) is 9.45. The van der Waals surface area contributed by atoms with Crippen LogP contribution in [-0.2, 0) is 22.9 Å². The summed E-state index contributed by atoms with van der Waals surface area (Å²) in [5.41, 5.74) is 5.70. The number of pyridine rings is 3. The van der Waals surface area contributed by atoms with Gasteiger partial charge in [0.05, 0.1) is 59.8 Å². The van der Waals surface area contributed by atoms with E-state index in [1.165, 1.54) is 32.6 Å². The van der Waals surface area contributed by atoms with Crippen molar-refractivity contribution in [2.75, 3.05) is 44.3 Å². The van der Waals surface area contributed by atoms with E-state index in [4.69, 9.17) is 58.1 Å². The minimum absolute atomic E-state index is 0.00128. The Morgan fingerprint density at radius 3 is 2.06 bits per heavy atom. The minimum Gasteiger partial charge on any atom is -0.495 e. The van der Waals surface area contributed by atoms with Gasteiger partial charge in [0.1, 0.15) is 29.0 Å². The van der Waals surface area contributed by atoms with Gasteiger partial charge in [-0.3, -0.25) is 23.7 Å². The normalized spacial score (nSPS) is 11.2. The average Bonchev–Trinajstić information content (AvgIpc) is 4.24. The predicted molar refractivity (Wildman–Crippen MR) is 291 cm³/mol. The lowest BCUT2D eigenvalue weighted by Crippen LogP contribution is -2.39. The van der Waals surface area contributed by atoms with Crippen molar-refractivity contribution in [1.29, 1.82) is 0 Å². The summed E-state index contributed by atoms with van der Waals surface area (Å²) in [7, 11) is 6.33. The van der Waals surface area contributed by atoms with Gasteiger partial charge in [0.2, 0.25) is 24.5 Å². The summed E-state index contributed by atoms with van der Waals surface area (Å²) in [6.07, 6.45) is 9.20. The zero-order valence-electron chi connectivity index (χ0n) is 41.5. The van der Waals surface area contributed by atoms with Crippen LogP contribution in [0.15, 0.2) is 129 Å². The lowest BCUT2D eigenvalue weighted by atomic mass is 10.0. The van der Waals surface area contributed by atoms with Crippen molar-refractivity contribution < 1.29 is 42.0 Å². The highest BCUT2D eigenvalue weighted by Crippen LogP contribution is 2.48. The number of amides is 2. The van der Waals surface area contributed by atoms with Gasteiger partial charge in [-0.05, 0) is 48.0 Å². The van der Waals surface area contributed by atoms with Crippen LogP contribution < -0.4 is 50.8 Å². The molecular formula is C55H45Cl2F2N12O6+. The molecule has 388 valence electrons. The number of anilines is 3. The highest BCUT2D eigenvalue weighted by molar-refractivity contribution is 6.41. The summed E-state index contributed by atoms with van der Waals surface area (Å²) >= 11 is 14.2. The highest BCUT2D eigenvalue weighted by atomic mass is 35.5. The molecule has 6 aromatic heterocycles. The van der Waals surface area contributed by atoms with Gasteiger partial charge >= 0.3 is 0 Å². The number of methoxy groups -OCH3 is 2. The van der Waals surface area contributed by atoms with Gasteiger partial charge in [0.15, 0.2) is 28.8 Å². The van der Waals surface area contributed by atoms with Crippen LogP contribution in [0.25, 0.3) is 78.0 Å². The van der Waals surface area contributed by atoms with Crippen LogP contribution in [0.3, 0.4) is 0 Å². The van der Waals surface area contributed by atoms with Crippen LogP contribution in [0.5, 0.6) is 23.0 Å². The molecule has 10 aromatic rings. The number of carbonyl (C=O) groups is 2. The molecule has 0 saturated heterocycles. The van der Waals surface area contributed by atoms with Crippen LogP contribution in [0, 0.1) is 11.6 Å². The van der Waals surface area contributed by atoms with E-state index in [-0.39, 0.29) is 46.3 Å². The van der Waals surface area contributed by atoms with Crippen molar-refractivity contribution in [1.82, 2.24) is 34.1 Å². The molecule has 4 aromatic carbocycles. The molecule has 0 aliphatic heterocycles. The quantitative estimate of drug-likeness (QED) is 0.0327. The lowest BCUT2D eigenvalue weighted by Gasteiger charge is -2.17. The Bertz CT molecular complexity index is 4030. The van der Waals surface area contributed by atoms with Crippen LogP contribution in [0.4, 0.5) is 26.2 Å². The molecule has 0 spiro atoms. The topological polar surface area (TPSA) is 209 Å². The molecule has 0 saturated carbocycles. The van der Waals surface area contributed by atoms with Crippen molar-refractivity contribution in [3.8, 4) is 67.8 Å². The fourth-order valence-electron chi connectivity index (χ4n) is 8.91. The second-order valence-electron chi connectivity index (χ2n) is 17.1. The van der Waals surface area contributed by atoms with Crippen molar-refractivity contribution >= 4 is 85.7 Å². The Hall–Kier alpha value is -9.37. The standard InChI is InChI=1S/C55H44Cl2F2N12O6/c1-7-44(72)63-22-28-10-9-11-30(16-28)37-25-70-38-19-43(61-3)69(24-32(38)18-34(53(70)67-37)46-48(56)39(74-5)20-40(75-6)49(46)57)27-76-41-21-42(77-60)51(59)47(50(41)58)35-17-31-23-64-55(62-4)68-52(31)71-26-36(66-54(35)71)29-12-14-33(15-13-29)65-45(73)8-2/h7-21,23-26H,1-2,22,27,60H2,3-6H3,(H3,62,63,64,65,66,68,72,73)/p+1. The largest absolute Gasteiger partial charge is 0.495 e. The molecule has 0 unspecified atom stereocenters. The van der Waals surface area contributed by atoms with Gasteiger partial charge in [-0.25, -0.2) is 23.7 Å². The van der Waals surface area contributed by atoms with E-state index in [0.717, 1.165) is 23.3 Å². The first-order valence-electron chi connectivity index (χ1n) is 23.4. The first-order valence-corrected chi connectivity index (χ1v) is 24.1. The van der Waals surface area contributed by atoms with Crippen LogP contribution >= 0.6 is 23.2 Å². The Balaban J connectivity index is 1.10. The maximum Gasteiger partial charge on any atom is 0.279 e. The van der Waals surface area contributed by atoms with Gasteiger partial charge in [-0.15, -0.1) is 0 Å². The third-order valence-corrected chi connectivity index (χ3v) is 13.4. The molecule has 0 atom stereocenters. The number of aromatic nitrogens is 7. The average molecular weight is 1080 g/mol. The molecular weight excluding hydrogens is 1030 g/mol. The molecule has 0 radical (unpaired) electrons. The van der Waals surface area contributed by atoms with Crippen LogP contribution in [-0.4, -0.2) is 68.9 Å². The number of halogens is 4. The summed E-state index contributed by atoms with van der Waals surface area (Å²) in [6, 6.07) is 22.3. The van der Waals surface area contributed by atoms with Gasteiger partial charge in [-0.2, -0.15) is 15.4 Å². The number of benzene rings is 4. The molecule has 0 aliphatic carbocycles. The number of ether oxygens (including phenoxy) is 3. The summed E-state index contributed by atoms with van der Waals surface area (Å²) in [6.45, 7) is 6.95. The van der Waals surface area contributed by atoms with Gasteiger partial charge in [0.25, 0.3) is 5.82 Å². The number of hydrogen-bond acceptors (Lipinski definition) is 13. The monoisotopic (exact) mass is 1080 g/mol. The van der Waals surface area contributed by atoms with Gasteiger partial charge < -0.3 is 35.0 Å². The number of nitrogens with two attached hydrogens (primary N) is 1. The van der Waals surface area contributed by atoms with E-state index in [0.29, 0.717) is 84.6 Å². The molecule has 0 bridgehead atoms. The lowest BCUT2D eigenvalue weighted by molar-refractivity contribution is -0.710. The number of fused-ring (bicyclic) bond motifs is 6. The Morgan fingerprint density at radius 2 is 1.39 bits per heavy atom. The molecule has 6 N–H and O–H groups in total. The summed E-state index contributed by atoms with van der Waals surface area (Å²) in [4.78, 5) is 48.0. The number of nitrogens with one attached hydrogen (secondary N) is 4. The highest BCUT2D eigenvalue weighted by Gasteiger charge is 2.29. The molecule has 0 aliphatic rings. The molecule has 77 heavy (non-hydrogen) atoms. The number of nitrogens with zero attached hydrogens (tertiary/aromatic N) is 7. The van der Waals surface area contributed by atoms with E-state index in [9.17, 15) is 9.59 Å². The van der Waals surface area contributed by atoms with E-state index in [1.807, 2.05) is 47.0 Å². The zero-order chi connectivity index (χ0) is 54.2. The van der Waals surface area contributed by atoms with Crippen molar-refractivity contribution in [3.05, 3.63) is 156 Å². The SMILES string of the molecule is C=CC(=O)NCc1cccc(-c2cn3c(n2)c(-c2c(Cl)c(OC)cc(OC)c2Cl)cc2c[n+](COc4cc(ON)c(F)c(-c5cc6cnc(NC)nc6n6cc(-c7ccc(NC(=O)C=C)cc7)nc56)c4F)c(NC)cc23)c1. The second-order valence-corrected chi connectivity index (χ2v) is 17.9.